The first-order valence-electron chi connectivity index (χ1n) is 19.6. The van der Waals surface area contributed by atoms with Gasteiger partial charge in [-0.3, -0.25) is 0 Å². The number of hydrogen-bond acceptors (Lipinski definition) is 3. The number of hydrogen-bond donors (Lipinski definition) is 0. The second-order valence-electron chi connectivity index (χ2n) is 16.9. The quantitative estimate of drug-likeness (QED) is 0.180. The van der Waals surface area contributed by atoms with E-state index in [2.05, 4.69) is 124 Å². The molecule has 1 fully saturated rings. The largest absolute Gasteiger partial charge is 0.472 e. The molecular weight excluding hydrogens is 697 g/mol. The molecule has 5 heteroatoms. The number of ether oxygens (including phenoxy) is 2. The molecule has 2 aliphatic heterocycles. The Morgan fingerprint density at radius 2 is 1.25 bits per heavy atom. The van der Waals surface area contributed by atoms with Gasteiger partial charge in [0.1, 0.15) is 17.4 Å². The van der Waals surface area contributed by atoms with Gasteiger partial charge in [0.15, 0.2) is 5.60 Å². The molecular formula is C51H41F2NO2. The standard InChI is InChI=1S/C51H41F2NO2/c1-49(2)43-26-31-8-6-5-7-30(31)25-41(43)37-16-11-33(27-44(37)49)51(32-9-14-36(15-10-32)54-21-23-55-24-22-54)20-19-40-47-46(38-17-12-34(52)28-42(38)48(40)56-51)39-18-13-35(53)29-45(39)50(47,3)4/h5-20,25-29H,21-24H2,1-4H3. The Hall–Kier alpha value is -5.78. The summed E-state index contributed by atoms with van der Waals surface area (Å²) in [7, 11) is 0. The Labute approximate surface area is 325 Å². The molecule has 56 heavy (non-hydrogen) atoms. The number of halogens is 2. The van der Waals surface area contributed by atoms with E-state index in [1.807, 2.05) is 12.1 Å². The minimum atomic E-state index is -1.05. The number of fused-ring (bicyclic) bond motifs is 12. The van der Waals surface area contributed by atoms with Crippen LogP contribution in [0, 0.1) is 11.6 Å². The lowest BCUT2D eigenvalue weighted by Crippen LogP contribution is -2.37. The zero-order valence-electron chi connectivity index (χ0n) is 32.0. The molecule has 1 saturated heterocycles. The summed E-state index contributed by atoms with van der Waals surface area (Å²) in [6, 6.07) is 38.8. The van der Waals surface area contributed by atoms with E-state index in [0.29, 0.717) is 24.3 Å². The van der Waals surface area contributed by atoms with Crippen molar-refractivity contribution in [1.29, 1.82) is 0 Å². The monoisotopic (exact) mass is 737 g/mol. The first kappa shape index (κ1) is 33.5. The van der Waals surface area contributed by atoms with E-state index in [-0.39, 0.29) is 17.0 Å². The van der Waals surface area contributed by atoms with E-state index in [4.69, 9.17) is 9.47 Å². The molecule has 2 aliphatic carbocycles. The zero-order valence-corrected chi connectivity index (χ0v) is 32.0. The third kappa shape index (κ3) is 4.58. The van der Waals surface area contributed by atoms with Crippen molar-refractivity contribution in [3.8, 4) is 28.0 Å². The molecule has 7 aromatic rings. The summed E-state index contributed by atoms with van der Waals surface area (Å²) in [6.45, 7) is 12.0. The highest BCUT2D eigenvalue weighted by atomic mass is 19.1. The fourth-order valence-corrected chi connectivity index (χ4v) is 10.3. The van der Waals surface area contributed by atoms with Crippen LogP contribution >= 0.6 is 0 Å². The second kappa shape index (κ2) is 11.6. The van der Waals surface area contributed by atoms with Gasteiger partial charge in [-0.15, -0.1) is 0 Å². The van der Waals surface area contributed by atoms with E-state index in [9.17, 15) is 4.39 Å². The van der Waals surface area contributed by atoms with Crippen molar-refractivity contribution in [2.75, 3.05) is 31.2 Å². The molecule has 0 spiro atoms. The average Bonchev–Trinajstić information content (AvgIpc) is 3.58. The Morgan fingerprint density at radius 3 is 2.04 bits per heavy atom. The smallest absolute Gasteiger partial charge is 0.178 e. The van der Waals surface area contributed by atoms with Crippen molar-refractivity contribution in [1.82, 2.24) is 0 Å². The van der Waals surface area contributed by atoms with Crippen LogP contribution in [0.25, 0.3) is 49.9 Å². The average molecular weight is 738 g/mol. The Bertz CT molecular complexity index is 2850. The Kier molecular flexibility index (Phi) is 6.96. The van der Waals surface area contributed by atoms with Crippen LogP contribution in [0.15, 0.2) is 121 Å². The summed E-state index contributed by atoms with van der Waals surface area (Å²) in [5.74, 6) is 0.0305. The van der Waals surface area contributed by atoms with Gasteiger partial charge >= 0.3 is 0 Å². The third-order valence-electron chi connectivity index (χ3n) is 13.2. The molecule has 0 amide bonds. The SMILES string of the molecule is CC1(C)c2cc(C3(c4ccc(N5CCOCC5)cc4)C=Cc4c5c(c6ccc(F)cc6c4O3)-c3ccc(F)cc3C5(C)C)ccc2-c2cc3ccccc3cc21. The predicted molar refractivity (Wildman–Crippen MR) is 223 cm³/mol. The van der Waals surface area contributed by atoms with Crippen LogP contribution < -0.4 is 9.64 Å². The highest BCUT2D eigenvalue weighted by Crippen LogP contribution is 2.59. The van der Waals surface area contributed by atoms with Gasteiger partial charge in [-0.1, -0.05) is 94.4 Å². The molecule has 2 heterocycles. The first-order chi connectivity index (χ1) is 27.0. The molecule has 11 rings (SSSR count). The van der Waals surface area contributed by atoms with Crippen LogP contribution in [0.2, 0.25) is 0 Å². The van der Waals surface area contributed by atoms with Gasteiger partial charge in [0.2, 0.25) is 0 Å². The molecule has 276 valence electrons. The van der Waals surface area contributed by atoms with Gasteiger partial charge in [0, 0.05) is 51.7 Å². The summed E-state index contributed by atoms with van der Waals surface area (Å²) in [6.07, 6.45) is 4.37. The highest BCUT2D eigenvalue weighted by molar-refractivity contribution is 6.08. The van der Waals surface area contributed by atoms with E-state index < -0.39 is 11.0 Å². The van der Waals surface area contributed by atoms with E-state index in [0.717, 1.165) is 63.1 Å². The highest BCUT2D eigenvalue weighted by Gasteiger charge is 2.46. The summed E-state index contributed by atoms with van der Waals surface area (Å²) in [4.78, 5) is 2.36. The van der Waals surface area contributed by atoms with Gasteiger partial charge in [0.05, 0.1) is 13.2 Å². The third-order valence-corrected chi connectivity index (χ3v) is 13.2. The fraction of sp³-hybridized carbons (Fsp3) is 0.216. The number of benzene rings is 7. The first-order valence-corrected chi connectivity index (χ1v) is 19.6. The molecule has 7 aromatic carbocycles. The van der Waals surface area contributed by atoms with Crippen molar-refractivity contribution in [2.24, 2.45) is 0 Å². The molecule has 0 N–H and O–H groups in total. The number of anilines is 1. The lowest BCUT2D eigenvalue weighted by atomic mass is 9.75. The van der Waals surface area contributed by atoms with Crippen molar-refractivity contribution in [3.63, 3.8) is 0 Å². The minimum absolute atomic E-state index is 0.260. The van der Waals surface area contributed by atoms with Crippen LogP contribution in [0.3, 0.4) is 0 Å². The fourth-order valence-electron chi connectivity index (χ4n) is 10.3. The minimum Gasteiger partial charge on any atom is -0.472 e. The number of rotatable bonds is 3. The van der Waals surface area contributed by atoms with Crippen LogP contribution in [-0.2, 0) is 21.2 Å². The molecule has 1 unspecified atom stereocenters. The van der Waals surface area contributed by atoms with Crippen molar-refractivity contribution < 1.29 is 18.3 Å². The van der Waals surface area contributed by atoms with Crippen molar-refractivity contribution in [3.05, 3.63) is 172 Å². The van der Waals surface area contributed by atoms with Crippen LogP contribution in [0.5, 0.6) is 5.75 Å². The summed E-state index contributed by atoms with van der Waals surface area (Å²) < 4.78 is 43.6. The number of nitrogens with zero attached hydrogens (tertiary/aromatic N) is 1. The van der Waals surface area contributed by atoms with Gasteiger partial charge in [-0.05, 0) is 121 Å². The zero-order chi connectivity index (χ0) is 38.1. The summed E-state index contributed by atoms with van der Waals surface area (Å²) in [5, 5.41) is 4.05. The molecule has 0 bridgehead atoms. The molecule has 1 atom stereocenters. The van der Waals surface area contributed by atoms with E-state index in [1.165, 1.54) is 45.2 Å². The van der Waals surface area contributed by atoms with E-state index in [1.54, 1.807) is 12.1 Å². The molecule has 3 nitrogen and oxygen atoms in total. The van der Waals surface area contributed by atoms with Crippen LogP contribution in [0.1, 0.15) is 66.6 Å². The maximum Gasteiger partial charge on any atom is 0.178 e. The lowest BCUT2D eigenvalue weighted by molar-refractivity contribution is 0.122. The maximum absolute atomic E-state index is 15.5. The molecule has 0 saturated carbocycles. The Morgan fingerprint density at radius 1 is 0.589 bits per heavy atom. The summed E-state index contributed by atoms with van der Waals surface area (Å²) >= 11 is 0. The molecule has 4 aliphatic rings. The van der Waals surface area contributed by atoms with Crippen LogP contribution in [-0.4, -0.2) is 26.3 Å². The topological polar surface area (TPSA) is 21.7 Å². The van der Waals surface area contributed by atoms with E-state index >= 15 is 4.39 Å². The lowest BCUT2D eigenvalue weighted by Gasteiger charge is -2.39. The predicted octanol–water partition coefficient (Wildman–Crippen LogP) is 12.1. The molecule has 0 aromatic heterocycles. The van der Waals surface area contributed by atoms with Crippen LogP contribution in [0.4, 0.5) is 14.5 Å². The van der Waals surface area contributed by atoms with Gasteiger partial charge in [0.25, 0.3) is 0 Å². The van der Waals surface area contributed by atoms with Gasteiger partial charge < -0.3 is 14.4 Å². The summed E-state index contributed by atoms with van der Waals surface area (Å²) in [5.41, 5.74) is 11.2. The van der Waals surface area contributed by atoms with Crippen molar-refractivity contribution in [2.45, 2.75) is 44.1 Å². The molecule has 0 radical (unpaired) electrons. The van der Waals surface area contributed by atoms with Crippen molar-refractivity contribution >= 4 is 33.3 Å². The maximum atomic E-state index is 15.5. The van der Waals surface area contributed by atoms with Gasteiger partial charge in [-0.2, -0.15) is 0 Å². The Balaban J connectivity index is 1.14. The second-order valence-corrected chi connectivity index (χ2v) is 16.9. The normalized spacial score (nSPS) is 19.6. The number of morpholine rings is 1. The van der Waals surface area contributed by atoms with Gasteiger partial charge in [-0.25, -0.2) is 8.78 Å².